The van der Waals surface area contributed by atoms with Crippen LogP contribution in [0, 0.1) is 0 Å². The molecule has 1 saturated heterocycles. The molecular formula is C27H27ClN2O3S. The number of ether oxygens (including phenoxy) is 1. The largest absolute Gasteiger partial charge is 0.489 e. The summed E-state index contributed by atoms with van der Waals surface area (Å²) in [6.45, 7) is 0.391. The number of hydrogen-bond donors (Lipinski definition) is 1. The van der Waals surface area contributed by atoms with Gasteiger partial charge >= 0.3 is 0 Å². The molecule has 1 N–H and O–H groups in total. The van der Waals surface area contributed by atoms with Crippen molar-refractivity contribution in [3.05, 3.63) is 89.6 Å². The Labute approximate surface area is 206 Å². The lowest BCUT2D eigenvalue weighted by Crippen LogP contribution is -2.32. The predicted octanol–water partition coefficient (Wildman–Crippen LogP) is 5.36. The molecule has 2 unspecified atom stereocenters. The maximum atomic E-state index is 13.6. The minimum atomic E-state index is -3.68. The Morgan fingerprint density at radius 2 is 1.76 bits per heavy atom. The van der Waals surface area contributed by atoms with E-state index in [9.17, 15) is 8.42 Å². The number of sulfone groups is 1. The molecule has 0 amide bonds. The third kappa shape index (κ3) is 3.80. The van der Waals surface area contributed by atoms with Crippen molar-refractivity contribution in [1.82, 2.24) is 9.88 Å². The van der Waals surface area contributed by atoms with E-state index in [4.69, 9.17) is 4.74 Å². The molecule has 1 fully saturated rings. The van der Waals surface area contributed by atoms with Gasteiger partial charge in [-0.3, -0.25) is 0 Å². The number of aryl methyl sites for hydroxylation is 1. The third-order valence-corrected chi connectivity index (χ3v) is 8.79. The lowest BCUT2D eigenvalue weighted by Gasteiger charge is -2.23. The van der Waals surface area contributed by atoms with Crippen LogP contribution in [0.25, 0.3) is 10.9 Å². The Bertz CT molecular complexity index is 1460. The van der Waals surface area contributed by atoms with E-state index in [-0.39, 0.29) is 17.3 Å². The highest BCUT2D eigenvalue weighted by Crippen LogP contribution is 2.42. The Balaban J connectivity index is 0.00000241. The maximum Gasteiger partial charge on any atom is 0.206 e. The smallest absolute Gasteiger partial charge is 0.206 e. The fraction of sp³-hybridized carbons (Fsp3) is 0.259. The van der Waals surface area contributed by atoms with Crippen molar-refractivity contribution in [2.24, 2.45) is 7.05 Å². The van der Waals surface area contributed by atoms with E-state index in [0.717, 1.165) is 29.3 Å². The quantitative estimate of drug-likeness (QED) is 0.405. The van der Waals surface area contributed by atoms with Crippen LogP contribution in [0.1, 0.15) is 35.7 Å². The first kappa shape index (κ1) is 23.0. The Hall–Kier alpha value is -2.80. The first-order valence-electron chi connectivity index (χ1n) is 11.4. The van der Waals surface area contributed by atoms with Crippen molar-refractivity contribution >= 4 is 33.1 Å². The number of rotatable bonds is 5. The molecule has 2 aliphatic rings. The summed E-state index contributed by atoms with van der Waals surface area (Å²) in [4.78, 5) is 0.569. The van der Waals surface area contributed by atoms with Crippen molar-refractivity contribution in [2.75, 3.05) is 0 Å². The lowest BCUT2D eigenvalue weighted by molar-refractivity contribution is 0.305. The number of benzene rings is 3. The molecule has 0 spiro atoms. The molecule has 0 saturated carbocycles. The van der Waals surface area contributed by atoms with Crippen molar-refractivity contribution in [3.8, 4) is 5.75 Å². The summed E-state index contributed by atoms with van der Waals surface area (Å²) in [6.07, 6.45) is 3.28. The minimum absolute atomic E-state index is 0. The van der Waals surface area contributed by atoms with Crippen LogP contribution in [-0.4, -0.2) is 19.0 Å². The van der Waals surface area contributed by atoms with Crippen molar-refractivity contribution in [1.29, 1.82) is 0 Å². The molecule has 176 valence electrons. The van der Waals surface area contributed by atoms with Crippen molar-refractivity contribution < 1.29 is 13.2 Å². The van der Waals surface area contributed by atoms with Gasteiger partial charge in [0.2, 0.25) is 9.84 Å². The van der Waals surface area contributed by atoms with E-state index in [2.05, 4.69) is 16.9 Å². The van der Waals surface area contributed by atoms with E-state index in [1.54, 1.807) is 30.3 Å². The molecule has 34 heavy (non-hydrogen) atoms. The van der Waals surface area contributed by atoms with Crippen LogP contribution in [0.5, 0.6) is 5.75 Å². The zero-order chi connectivity index (χ0) is 22.6. The zero-order valence-electron chi connectivity index (χ0n) is 18.9. The molecule has 0 radical (unpaired) electrons. The van der Waals surface area contributed by atoms with Gasteiger partial charge in [-0.1, -0.05) is 36.4 Å². The van der Waals surface area contributed by atoms with Crippen molar-refractivity contribution in [2.45, 2.75) is 47.7 Å². The van der Waals surface area contributed by atoms with Gasteiger partial charge in [-0.25, -0.2) is 8.42 Å². The van der Waals surface area contributed by atoms with Gasteiger partial charge < -0.3 is 14.6 Å². The molecular weight excluding hydrogens is 468 g/mol. The summed E-state index contributed by atoms with van der Waals surface area (Å²) >= 11 is 0. The second kappa shape index (κ2) is 8.77. The molecule has 2 aliphatic heterocycles. The Morgan fingerprint density at radius 3 is 2.59 bits per heavy atom. The normalized spacial score (nSPS) is 19.0. The number of nitrogens with zero attached hydrogens (tertiary/aromatic N) is 1. The summed E-state index contributed by atoms with van der Waals surface area (Å²) in [7, 11) is -1.59. The summed E-state index contributed by atoms with van der Waals surface area (Å²) in [6, 6.07) is 23.0. The van der Waals surface area contributed by atoms with Gasteiger partial charge in [0.25, 0.3) is 0 Å². The molecule has 2 bridgehead atoms. The first-order chi connectivity index (χ1) is 16.0. The lowest BCUT2D eigenvalue weighted by atomic mass is 9.99. The molecule has 1 aromatic heterocycles. The average Bonchev–Trinajstić information content (AvgIpc) is 3.36. The van der Waals surface area contributed by atoms with E-state index in [1.165, 1.54) is 17.7 Å². The number of halogens is 1. The van der Waals surface area contributed by atoms with E-state index in [1.807, 2.05) is 42.5 Å². The number of nitrogens with one attached hydrogen (secondary N) is 1. The van der Waals surface area contributed by atoms with Gasteiger partial charge in [-0.05, 0) is 60.4 Å². The number of fused-ring (bicyclic) bond motifs is 6. The Kier molecular flexibility index (Phi) is 5.92. The summed E-state index contributed by atoms with van der Waals surface area (Å²) in [5.74, 6) is 0.541. The van der Waals surface area contributed by atoms with Crippen LogP contribution >= 0.6 is 12.4 Å². The number of hydrogen-bond acceptors (Lipinski definition) is 4. The average molecular weight is 495 g/mol. The van der Waals surface area contributed by atoms with E-state index in [0.29, 0.717) is 29.3 Å². The minimum Gasteiger partial charge on any atom is -0.489 e. The van der Waals surface area contributed by atoms with Gasteiger partial charge in [0.15, 0.2) is 0 Å². The molecule has 5 nitrogen and oxygen atoms in total. The topological polar surface area (TPSA) is 60.3 Å². The SMILES string of the molecule is Cl.Cn1c2c(c3cc(S(=O)(=O)c4cccc(OCc5ccccc5)c4)ccc31)C1CCC(C2)N1. The van der Waals surface area contributed by atoms with Crippen LogP contribution in [0.15, 0.2) is 82.6 Å². The van der Waals surface area contributed by atoms with Crippen LogP contribution < -0.4 is 10.1 Å². The van der Waals surface area contributed by atoms with Crippen LogP contribution in [0.4, 0.5) is 0 Å². The van der Waals surface area contributed by atoms with Crippen LogP contribution in [-0.2, 0) is 29.9 Å². The highest BCUT2D eigenvalue weighted by atomic mass is 35.5. The van der Waals surface area contributed by atoms with Gasteiger partial charge in [0.05, 0.1) is 9.79 Å². The molecule has 2 atom stereocenters. The van der Waals surface area contributed by atoms with E-state index >= 15 is 0 Å². The molecule has 0 aliphatic carbocycles. The molecule has 3 aromatic carbocycles. The van der Waals surface area contributed by atoms with Crippen LogP contribution in [0.3, 0.4) is 0 Å². The standard InChI is InChI=1S/C27H26N2O3S.ClH/c1-29-25-13-11-22(16-23(25)27-24-12-10-19(28-24)14-26(27)29)33(30,31)21-9-5-8-20(15-21)32-17-18-6-3-2-4-7-18;/h2-9,11,13,15-16,19,24,28H,10,12,14,17H2,1H3;1H. The predicted molar refractivity (Wildman–Crippen MR) is 135 cm³/mol. The molecule has 7 heteroatoms. The highest BCUT2D eigenvalue weighted by Gasteiger charge is 2.36. The molecule has 3 heterocycles. The van der Waals surface area contributed by atoms with Gasteiger partial charge in [0.1, 0.15) is 12.4 Å². The summed E-state index contributed by atoms with van der Waals surface area (Å²) in [5, 5.41) is 4.74. The Morgan fingerprint density at radius 1 is 0.971 bits per heavy atom. The van der Waals surface area contributed by atoms with Gasteiger partial charge in [-0.15, -0.1) is 12.4 Å². The first-order valence-corrected chi connectivity index (χ1v) is 12.9. The fourth-order valence-corrected chi connectivity index (χ4v) is 6.68. The molecule has 6 rings (SSSR count). The third-order valence-electron chi connectivity index (χ3n) is 7.04. The second-order valence-electron chi connectivity index (χ2n) is 9.05. The van der Waals surface area contributed by atoms with Crippen molar-refractivity contribution in [3.63, 3.8) is 0 Å². The molecule has 4 aromatic rings. The highest BCUT2D eigenvalue weighted by molar-refractivity contribution is 7.91. The van der Waals surface area contributed by atoms with E-state index < -0.39 is 9.84 Å². The number of aromatic nitrogens is 1. The zero-order valence-corrected chi connectivity index (χ0v) is 20.5. The fourth-order valence-electron chi connectivity index (χ4n) is 5.36. The summed E-state index contributed by atoms with van der Waals surface area (Å²) < 4.78 is 35.2. The summed E-state index contributed by atoms with van der Waals surface area (Å²) in [5.41, 5.74) is 4.74. The van der Waals surface area contributed by atoms with Crippen LogP contribution in [0.2, 0.25) is 0 Å². The second-order valence-corrected chi connectivity index (χ2v) is 11.0. The maximum absolute atomic E-state index is 13.6. The van der Waals surface area contributed by atoms with Gasteiger partial charge in [0, 0.05) is 42.1 Å². The monoisotopic (exact) mass is 494 g/mol. The van der Waals surface area contributed by atoms with Gasteiger partial charge in [-0.2, -0.15) is 0 Å².